The summed E-state index contributed by atoms with van der Waals surface area (Å²) in [6.45, 7) is 0.578. The normalized spacial score (nSPS) is 15.7. The lowest BCUT2D eigenvalue weighted by Crippen LogP contribution is -2.24. The SMILES string of the molecule is FC1(F)CCN(Cc2cncc(-c3cc4c(-c5nc6nccc(-c7ccsc7)c6[nH]5)n[nH]c4cn3)c2)C1. The minimum atomic E-state index is -2.62. The molecule has 7 rings (SSSR count). The number of imidazole rings is 1. The summed E-state index contributed by atoms with van der Waals surface area (Å²) in [4.78, 5) is 23.3. The lowest BCUT2D eigenvalue weighted by molar-refractivity contribution is 0.0115. The van der Waals surface area contributed by atoms with Gasteiger partial charge in [0.15, 0.2) is 11.5 Å². The Balaban J connectivity index is 1.24. The highest BCUT2D eigenvalue weighted by atomic mass is 32.1. The number of H-pyrrole nitrogens is 2. The van der Waals surface area contributed by atoms with E-state index in [1.165, 1.54) is 0 Å². The van der Waals surface area contributed by atoms with Crippen molar-refractivity contribution in [3.8, 4) is 33.9 Å². The van der Waals surface area contributed by atoms with Crippen LogP contribution in [0.1, 0.15) is 12.0 Å². The first kappa shape index (κ1) is 22.1. The maximum atomic E-state index is 13.6. The van der Waals surface area contributed by atoms with Gasteiger partial charge in [-0.15, -0.1) is 0 Å². The van der Waals surface area contributed by atoms with E-state index in [0.717, 1.165) is 38.7 Å². The minimum absolute atomic E-state index is 0.103. The third kappa shape index (κ3) is 4.05. The first-order valence-corrected chi connectivity index (χ1v) is 12.7. The molecule has 2 N–H and O–H groups in total. The zero-order valence-corrected chi connectivity index (χ0v) is 20.3. The molecule has 0 spiro atoms. The molecule has 37 heavy (non-hydrogen) atoms. The number of aromatic nitrogens is 7. The van der Waals surface area contributed by atoms with Crippen LogP contribution in [0.3, 0.4) is 0 Å². The average molecular weight is 515 g/mol. The van der Waals surface area contributed by atoms with Crippen molar-refractivity contribution in [3.05, 3.63) is 65.4 Å². The monoisotopic (exact) mass is 514 g/mol. The molecule has 6 aromatic rings. The van der Waals surface area contributed by atoms with E-state index in [1.807, 2.05) is 23.6 Å². The van der Waals surface area contributed by atoms with Crippen LogP contribution in [0.15, 0.2) is 59.8 Å². The number of rotatable bonds is 5. The molecule has 0 atom stereocenters. The summed E-state index contributed by atoms with van der Waals surface area (Å²) < 4.78 is 27.2. The number of fused-ring (bicyclic) bond motifs is 2. The molecule has 11 heteroatoms. The summed E-state index contributed by atoms with van der Waals surface area (Å²) in [6, 6.07) is 7.94. The van der Waals surface area contributed by atoms with Crippen LogP contribution in [0.5, 0.6) is 0 Å². The van der Waals surface area contributed by atoms with E-state index >= 15 is 0 Å². The molecule has 0 amide bonds. The van der Waals surface area contributed by atoms with Gasteiger partial charge in [-0.05, 0) is 46.2 Å². The highest BCUT2D eigenvalue weighted by Gasteiger charge is 2.37. The topological polar surface area (TPSA) is 99.3 Å². The quantitative estimate of drug-likeness (QED) is 0.314. The number of nitrogens with one attached hydrogen (secondary N) is 2. The summed E-state index contributed by atoms with van der Waals surface area (Å²) in [5.41, 5.74) is 7.44. The number of hydrogen-bond donors (Lipinski definition) is 2. The van der Waals surface area contributed by atoms with Crippen LogP contribution in [0.2, 0.25) is 0 Å². The number of nitrogens with zero attached hydrogens (tertiary/aromatic N) is 6. The highest BCUT2D eigenvalue weighted by Crippen LogP contribution is 2.33. The molecule has 0 bridgehead atoms. The van der Waals surface area contributed by atoms with Gasteiger partial charge in [-0.25, -0.2) is 18.7 Å². The van der Waals surface area contributed by atoms with Crippen LogP contribution in [-0.2, 0) is 6.54 Å². The Morgan fingerprint density at radius 1 is 1.08 bits per heavy atom. The van der Waals surface area contributed by atoms with Crippen molar-refractivity contribution in [1.29, 1.82) is 0 Å². The zero-order valence-electron chi connectivity index (χ0n) is 19.4. The molecular formula is C26H20F2N8S. The van der Waals surface area contributed by atoms with Gasteiger partial charge in [-0.2, -0.15) is 16.4 Å². The minimum Gasteiger partial charge on any atom is -0.335 e. The van der Waals surface area contributed by atoms with Crippen molar-refractivity contribution < 1.29 is 8.78 Å². The number of hydrogen-bond acceptors (Lipinski definition) is 7. The van der Waals surface area contributed by atoms with Crippen LogP contribution in [0.4, 0.5) is 8.78 Å². The summed E-state index contributed by atoms with van der Waals surface area (Å²) in [6.07, 6.45) is 6.83. The van der Waals surface area contributed by atoms with E-state index in [9.17, 15) is 8.78 Å². The smallest absolute Gasteiger partial charge is 0.261 e. The Morgan fingerprint density at radius 2 is 2.03 bits per heavy atom. The largest absolute Gasteiger partial charge is 0.335 e. The van der Waals surface area contributed by atoms with Gasteiger partial charge in [0, 0.05) is 54.6 Å². The van der Waals surface area contributed by atoms with Gasteiger partial charge in [-0.3, -0.25) is 20.0 Å². The third-order valence-corrected chi connectivity index (χ3v) is 7.32. The molecule has 0 radical (unpaired) electrons. The molecule has 0 aromatic carbocycles. The molecule has 7 heterocycles. The fourth-order valence-electron chi connectivity index (χ4n) is 4.85. The van der Waals surface area contributed by atoms with Gasteiger partial charge in [0.05, 0.1) is 29.5 Å². The number of alkyl halides is 2. The highest BCUT2D eigenvalue weighted by molar-refractivity contribution is 7.08. The molecular weight excluding hydrogens is 494 g/mol. The first-order valence-electron chi connectivity index (χ1n) is 11.8. The molecule has 8 nitrogen and oxygen atoms in total. The van der Waals surface area contributed by atoms with E-state index in [-0.39, 0.29) is 13.0 Å². The number of halogens is 2. The van der Waals surface area contributed by atoms with E-state index < -0.39 is 5.92 Å². The van der Waals surface area contributed by atoms with Crippen molar-refractivity contribution in [3.63, 3.8) is 0 Å². The van der Waals surface area contributed by atoms with Gasteiger partial charge in [0.2, 0.25) is 0 Å². The number of aromatic amines is 2. The molecule has 6 aromatic heterocycles. The van der Waals surface area contributed by atoms with Gasteiger partial charge in [-0.1, -0.05) is 0 Å². The van der Waals surface area contributed by atoms with Crippen LogP contribution in [0.25, 0.3) is 56.0 Å². The van der Waals surface area contributed by atoms with Crippen LogP contribution in [0, 0.1) is 0 Å². The molecule has 1 fully saturated rings. The second-order valence-electron chi connectivity index (χ2n) is 9.24. The van der Waals surface area contributed by atoms with Crippen LogP contribution >= 0.6 is 11.3 Å². The van der Waals surface area contributed by atoms with E-state index in [1.54, 1.807) is 41.0 Å². The van der Waals surface area contributed by atoms with Crippen molar-refractivity contribution in [2.75, 3.05) is 13.1 Å². The number of thiophene rings is 1. The zero-order chi connectivity index (χ0) is 25.0. The summed E-state index contributed by atoms with van der Waals surface area (Å²) in [5, 5.41) is 12.5. The second kappa shape index (κ2) is 8.49. The predicted molar refractivity (Wildman–Crippen MR) is 138 cm³/mol. The molecule has 0 unspecified atom stereocenters. The van der Waals surface area contributed by atoms with Crippen LogP contribution < -0.4 is 0 Å². The average Bonchev–Trinajstić information content (AvgIpc) is 3.69. The summed E-state index contributed by atoms with van der Waals surface area (Å²) >= 11 is 1.64. The Kier molecular flexibility index (Phi) is 5.08. The number of likely N-dealkylation sites (tertiary alicyclic amines) is 1. The van der Waals surface area contributed by atoms with Crippen molar-refractivity contribution in [2.45, 2.75) is 18.9 Å². The Bertz CT molecular complexity index is 1740. The molecule has 1 aliphatic heterocycles. The van der Waals surface area contributed by atoms with Crippen molar-refractivity contribution in [2.24, 2.45) is 0 Å². The molecule has 1 saturated heterocycles. The second-order valence-corrected chi connectivity index (χ2v) is 10.0. The van der Waals surface area contributed by atoms with E-state index in [0.29, 0.717) is 35.9 Å². The third-order valence-electron chi connectivity index (χ3n) is 6.64. The van der Waals surface area contributed by atoms with Gasteiger partial charge in [0.1, 0.15) is 5.69 Å². The van der Waals surface area contributed by atoms with Gasteiger partial charge in [0.25, 0.3) is 5.92 Å². The Morgan fingerprint density at radius 3 is 2.86 bits per heavy atom. The molecule has 0 aliphatic carbocycles. The van der Waals surface area contributed by atoms with Gasteiger partial charge < -0.3 is 4.98 Å². The van der Waals surface area contributed by atoms with Crippen molar-refractivity contribution in [1.82, 2.24) is 40.0 Å². The van der Waals surface area contributed by atoms with Gasteiger partial charge >= 0.3 is 0 Å². The molecule has 184 valence electrons. The van der Waals surface area contributed by atoms with Crippen LogP contribution in [-0.4, -0.2) is 59.0 Å². The Labute approximate surface area is 213 Å². The lowest BCUT2D eigenvalue weighted by Gasteiger charge is -2.15. The summed E-state index contributed by atoms with van der Waals surface area (Å²) in [7, 11) is 0. The summed E-state index contributed by atoms with van der Waals surface area (Å²) in [5.74, 6) is -2.01. The molecule has 0 saturated carbocycles. The fourth-order valence-corrected chi connectivity index (χ4v) is 5.51. The van der Waals surface area contributed by atoms with E-state index in [2.05, 4.69) is 41.6 Å². The standard InChI is InChI=1S/C26H20F2N8S/c27-26(28)3-5-36(14-26)12-15-7-17(10-29-9-15)20-8-19-21(11-31-20)34-35-23(19)25-32-22-18(16-2-6-37-13-16)1-4-30-24(22)33-25/h1-2,4,6-11,13H,3,5,12,14H2,(H,34,35)(H,30,32,33). The molecule has 1 aliphatic rings. The number of pyridine rings is 3. The predicted octanol–water partition coefficient (Wildman–Crippen LogP) is 5.53. The lowest BCUT2D eigenvalue weighted by atomic mass is 10.1. The van der Waals surface area contributed by atoms with E-state index in [4.69, 9.17) is 4.98 Å². The first-order chi connectivity index (χ1) is 18.0. The maximum absolute atomic E-state index is 13.6. The Hall–Kier alpha value is -4.09. The fraction of sp³-hybridized carbons (Fsp3) is 0.192. The maximum Gasteiger partial charge on any atom is 0.261 e. The van der Waals surface area contributed by atoms with Crippen molar-refractivity contribution >= 4 is 33.4 Å².